The Morgan fingerprint density at radius 2 is 1.80 bits per heavy atom. The summed E-state index contributed by atoms with van der Waals surface area (Å²) in [5, 5.41) is 4.87. The summed E-state index contributed by atoms with van der Waals surface area (Å²) in [6.07, 6.45) is 2.90. The van der Waals surface area contributed by atoms with Crippen molar-refractivity contribution in [1.29, 1.82) is 0 Å². The molecule has 2 aromatic carbocycles. The van der Waals surface area contributed by atoms with Crippen LogP contribution in [0.25, 0.3) is 27.7 Å². The number of nitrogens with one attached hydrogen (secondary N) is 1. The Morgan fingerprint density at radius 1 is 1.06 bits per heavy atom. The van der Waals surface area contributed by atoms with Crippen LogP contribution >= 0.6 is 0 Å². The molecule has 3 aromatic heterocycles. The first-order valence-electron chi connectivity index (χ1n) is 10.6. The van der Waals surface area contributed by atoms with Crippen LogP contribution in [0.1, 0.15) is 16.1 Å². The van der Waals surface area contributed by atoms with Crippen LogP contribution < -0.4 is 15.7 Å². The van der Waals surface area contributed by atoms with E-state index in [1.165, 1.54) is 31.6 Å². The van der Waals surface area contributed by atoms with E-state index >= 15 is 0 Å². The van der Waals surface area contributed by atoms with E-state index in [4.69, 9.17) is 9.47 Å². The predicted octanol–water partition coefficient (Wildman–Crippen LogP) is 3.39. The molecule has 9 nitrogen and oxygen atoms in total. The molecule has 176 valence electrons. The first-order chi connectivity index (χ1) is 17.0. The van der Waals surface area contributed by atoms with Crippen molar-refractivity contribution in [2.24, 2.45) is 0 Å². The Labute approximate surface area is 198 Å². The molecule has 0 saturated carbocycles. The van der Waals surface area contributed by atoms with Gasteiger partial charge >= 0.3 is 0 Å². The van der Waals surface area contributed by atoms with Gasteiger partial charge in [0.05, 0.1) is 35.9 Å². The molecular formula is C25H20FN5O4. The summed E-state index contributed by atoms with van der Waals surface area (Å²) >= 11 is 0. The van der Waals surface area contributed by atoms with Crippen LogP contribution in [0, 0.1) is 5.82 Å². The number of halogens is 1. The fraction of sp³-hybridized carbons (Fsp3) is 0.120. The highest BCUT2D eigenvalue weighted by molar-refractivity contribution is 6.00. The maximum absolute atomic E-state index is 13.5. The zero-order chi connectivity index (χ0) is 24.5. The van der Waals surface area contributed by atoms with Crippen LogP contribution in [0.3, 0.4) is 0 Å². The summed E-state index contributed by atoms with van der Waals surface area (Å²) in [6, 6.07) is 14.2. The molecule has 0 aliphatic rings. The molecule has 0 fully saturated rings. The number of fused-ring (bicyclic) bond motifs is 3. The van der Waals surface area contributed by atoms with Crippen molar-refractivity contribution in [3.63, 3.8) is 0 Å². The number of aromatic nitrogens is 4. The number of pyridine rings is 1. The predicted molar refractivity (Wildman–Crippen MR) is 128 cm³/mol. The van der Waals surface area contributed by atoms with Crippen molar-refractivity contribution in [2.75, 3.05) is 19.6 Å². The summed E-state index contributed by atoms with van der Waals surface area (Å²) in [6.45, 7) is 0.201. The first kappa shape index (κ1) is 22.2. The Balaban J connectivity index is 1.58. The Bertz CT molecular complexity index is 1610. The lowest BCUT2D eigenvalue weighted by Crippen LogP contribution is -2.32. The fourth-order valence-corrected chi connectivity index (χ4v) is 3.87. The van der Waals surface area contributed by atoms with Crippen molar-refractivity contribution in [3.05, 3.63) is 94.4 Å². The molecule has 35 heavy (non-hydrogen) atoms. The van der Waals surface area contributed by atoms with Crippen LogP contribution in [0.15, 0.2) is 71.8 Å². The van der Waals surface area contributed by atoms with Gasteiger partial charge in [-0.2, -0.15) is 5.10 Å². The van der Waals surface area contributed by atoms with Crippen LogP contribution in [0.5, 0.6) is 5.75 Å². The molecule has 1 amide bonds. The normalized spacial score (nSPS) is 11.2. The molecule has 0 bridgehead atoms. The van der Waals surface area contributed by atoms with Crippen LogP contribution in [-0.2, 0) is 11.3 Å². The first-order valence-corrected chi connectivity index (χ1v) is 10.6. The van der Waals surface area contributed by atoms with Gasteiger partial charge in [-0.05, 0) is 48.0 Å². The topological polar surface area (TPSA) is 99.8 Å². The highest BCUT2D eigenvalue weighted by Crippen LogP contribution is 2.29. The van der Waals surface area contributed by atoms with Crippen molar-refractivity contribution in [1.82, 2.24) is 19.3 Å². The summed E-state index contributed by atoms with van der Waals surface area (Å²) < 4.78 is 26.5. The largest absolute Gasteiger partial charge is 0.497 e. The van der Waals surface area contributed by atoms with E-state index in [2.05, 4.69) is 15.5 Å². The second-order valence-electron chi connectivity index (χ2n) is 7.71. The van der Waals surface area contributed by atoms with E-state index in [1.54, 1.807) is 54.1 Å². The number of nitrogens with zero attached hydrogens (tertiary/aromatic N) is 4. The minimum Gasteiger partial charge on any atom is -0.497 e. The van der Waals surface area contributed by atoms with Gasteiger partial charge in [0.2, 0.25) is 0 Å². The van der Waals surface area contributed by atoms with Crippen LogP contribution in [-0.4, -0.2) is 39.4 Å². The highest BCUT2D eigenvalue weighted by Gasteiger charge is 2.19. The van der Waals surface area contributed by atoms with Gasteiger partial charge in [-0.25, -0.2) is 18.6 Å². The number of carbonyl (C=O) groups is 1. The van der Waals surface area contributed by atoms with Gasteiger partial charge in [0.1, 0.15) is 11.6 Å². The van der Waals surface area contributed by atoms with Gasteiger partial charge < -0.3 is 9.47 Å². The molecule has 0 radical (unpaired) electrons. The molecule has 0 aliphatic carbocycles. The van der Waals surface area contributed by atoms with Gasteiger partial charge in [0.15, 0.2) is 5.65 Å². The second-order valence-corrected chi connectivity index (χ2v) is 7.71. The molecule has 3 heterocycles. The molecule has 0 unspecified atom stereocenters. The molecule has 5 aromatic rings. The number of benzene rings is 2. The van der Waals surface area contributed by atoms with E-state index < -0.39 is 11.5 Å². The molecule has 5 rings (SSSR count). The average molecular weight is 473 g/mol. The average Bonchev–Trinajstić information content (AvgIpc) is 3.25. The van der Waals surface area contributed by atoms with Gasteiger partial charge in [-0.3, -0.25) is 15.0 Å². The monoisotopic (exact) mass is 473 g/mol. The second kappa shape index (κ2) is 8.99. The quantitative estimate of drug-likeness (QED) is 0.406. The standard InChI is InChI=1S/C25H20FN5O4/c1-34-14-20-22(15-3-7-17(26)8-4-15)23-27-13-19-21(31(23)28-20)11-12-30(25(19)33)29-24(32)16-5-9-18(35-2)10-6-16/h3-13H,14H2,1-2H3,(H,29,32). The van der Waals surface area contributed by atoms with Gasteiger partial charge in [0.25, 0.3) is 11.5 Å². The van der Waals surface area contributed by atoms with Crippen LogP contribution in [0.4, 0.5) is 4.39 Å². The molecule has 0 aliphatic heterocycles. The maximum atomic E-state index is 13.5. The lowest BCUT2D eigenvalue weighted by atomic mass is 10.1. The highest BCUT2D eigenvalue weighted by atomic mass is 19.1. The maximum Gasteiger partial charge on any atom is 0.280 e. The number of ether oxygens (including phenoxy) is 2. The molecule has 0 atom stereocenters. The number of amides is 1. The number of methoxy groups -OCH3 is 2. The lowest BCUT2D eigenvalue weighted by Gasteiger charge is -2.10. The van der Waals surface area contributed by atoms with Gasteiger partial charge in [-0.1, -0.05) is 12.1 Å². The van der Waals surface area contributed by atoms with Crippen molar-refractivity contribution in [3.8, 4) is 16.9 Å². The Kier molecular flexibility index (Phi) is 5.71. The van der Waals surface area contributed by atoms with Crippen molar-refractivity contribution in [2.45, 2.75) is 6.61 Å². The third kappa shape index (κ3) is 4.00. The molecule has 1 N–H and O–H groups in total. The number of hydrogen-bond donors (Lipinski definition) is 1. The summed E-state index contributed by atoms with van der Waals surface area (Å²) in [5.74, 6) is -0.191. The van der Waals surface area contributed by atoms with Crippen molar-refractivity contribution < 1.29 is 18.7 Å². The Hall–Kier alpha value is -4.57. The number of rotatable bonds is 6. The molecule has 10 heteroatoms. The zero-order valence-corrected chi connectivity index (χ0v) is 18.9. The SMILES string of the molecule is COCc1nn2c(ncc3c(=O)n(NC(=O)c4ccc(OC)cc4)ccc32)c1-c1ccc(F)cc1. The lowest BCUT2D eigenvalue weighted by molar-refractivity contribution is 0.101. The zero-order valence-electron chi connectivity index (χ0n) is 18.9. The summed E-state index contributed by atoms with van der Waals surface area (Å²) in [5.41, 5.74) is 5.48. The molecule has 0 spiro atoms. The summed E-state index contributed by atoms with van der Waals surface area (Å²) in [4.78, 5) is 30.3. The fourth-order valence-electron chi connectivity index (χ4n) is 3.87. The Morgan fingerprint density at radius 3 is 2.49 bits per heavy atom. The third-order valence-electron chi connectivity index (χ3n) is 5.57. The van der Waals surface area contributed by atoms with E-state index in [9.17, 15) is 14.0 Å². The minimum atomic E-state index is -0.467. The number of carbonyl (C=O) groups excluding carboxylic acids is 1. The van der Waals surface area contributed by atoms with Crippen molar-refractivity contribution >= 4 is 22.5 Å². The molecule has 0 saturated heterocycles. The van der Waals surface area contributed by atoms with Gasteiger partial charge in [-0.15, -0.1) is 0 Å². The third-order valence-corrected chi connectivity index (χ3v) is 5.57. The smallest absolute Gasteiger partial charge is 0.280 e. The van der Waals surface area contributed by atoms with E-state index in [-0.39, 0.29) is 17.8 Å². The molecular weight excluding hydrogens is 453 g/mol. The van der Waals surface area contributed by atoms with Gasteiger partial charge in [0, 0.05) is 25.1 Å². The minimum absolute atomic E-state index is 0.201. The van der Waals surface area contributed by atoms with Crippen LogP contribution in [0.2, 0.25) is 0 Å². The van der Waals surface area contributed by atoms with E-state index in [0.717, 1.165) is 10.2 Å². The number of hydrogen-bond acceptors (Lipinski definition) is 6. The van der Waals surface area contributed by atoms with E-state index in [0.29, 0.717) is 33.7 Å². The summed E-state index contributed by atoms with van der Waals surface area (Å²) in [7, 11) is 3.09. The van der Waals surface area contributed by atoms with E-state index in [1.807, 2.05) is 0 Å².